The van der Waals surface area contributed by atoms with Gasteiger partial charge in [-0.05, 0) is 35.9 Å². The van der Waals surface area contributed by atoms with E-state index in [1.807, 2.05) is 30.3 Å². The second kappa shape index (κ2) is 8.53. The van der Waals surface area contributed by atoms with Gasteiger partial charge in [0.05, 0.1) is 18.7 Å². The number of nitrogens with zero attached hydrogens (tertiary/aromatic N) is 2. The van der Waals surface area contributed by atoms with E-state index in [0.717, 1.165) is 11.3 Å². The molecule has 0 unspecified atom stereocenters. The van der Waals surface area contributed by atoms with Crippen molar-refractivity contribution in [2.45, 2.75) is 13.1 Å². The van der Waals surface area contributed by atoms with Gasteiger partial charge in [-0.2, -0.15) is 5.26 Å². The van der Waals surface area contributed by atoms with Crippen molar-refractivity contribution < 1.29 is 9.13 Å². The number of ether oxygens (including phenoxy) is 1. The molecule has 2 rings (SSSR count). The Morgan fingerprint density at radius 2 is 1.88 bits per heavy atom. The summed E-state index contributed by atoms with van der Waals surface area (Å²) in [6.45, 7) is 0.814. The lowest BCUT2D eigenvalue weighted by molar-refractivity contribution is 0.414. The first-order valence-electron chi connectivity index (χ1n) is 7.42. The Bertz CT molecular complexity index is 751. The highest BCUT2D eigenvalue weighted by Crippen LogP contribution is 2.11. The maximum atomic E-state index is 13.8. The summed E-state index contributed by atoms with van der Waals surface area (Å²) in [5.41, 5.74) is 1.91. The molecule has 0 fully saturated rings. The van der Waals surface area contributed by atoms with Gasteiger partial charge in [-0.3, -0.25) is 4.99 Å². The number of aliphatic imine (C=N–C) groups is 1. The number of guanidine groups is 1. The van der Waals surface area contributed by atoms with Crippen molar-refractivity contribution in [2.75, 3.05) is 14.2 Å². The molecule has 0 radical (unpaired) electrons. The van der Waals surface area contributed by atoms with Gasteiger partial charge in [0.2, 0.25) is 0 Å². The zero-order valence-electron chi connectivity index (χ0n) is 13.6. The summed E-state index contributed by atoms with van der Waals surface area (Å²) in [6, 6.07) is 14.0. The lowest BCUT2D eigenvalue weighted by Crippen LogP contribution is -2.36. The van der Waals surface area contributed by atoms with Crippen LogP contribution in [0.3, 0.4) is 0 Å². The van der Waals surface area contributed by atoms with Crippen LogP contribution in [0.1, 0.15) is 16.7 Å². The molecule has 0 saturated carbocycles. The van der Waals surface area contributed by atoms with Crippen molar-refractivity contribution in [1.29, 1.82) is 5.26 Å². The lowest BCUT2D eigenvalue weighted by Gasteiger charge is -2.13. The minimum absolute atomic E-state index is 0.240. The third-order valence-electron chi connectivity index (χ3n) is 3.46. The number of hydrogen-bond donors (Lipinski definition) is 2. The van der Waals surface area contributed by atoms with Crippen LogP contribution in [0.5, 0.6) is 5.75 Å². The van der Waals surface area contributed by atoms with Crippen LogP contribution in [-0.2, 0) is 13.1 Å². The predicted octanol–water partition coefficient (Wildman–Crippen LogP) is 2.57. The van der Waals surface area contributed by atoms with E-state index in [-0.39, 0.29) is 12.4 Å². The molecule has 0 aliphatic carbocycles. The van der Waals surface area contributed by atoms with Crippen LogP contribution in [0.15, 0.2) is 47.5 Å². The number of benzene rings is 2. The summed E-state index contributed by atoms with van der Waals surface area (Å²) in [4.78, 5) is 4.11. The van der Waals surface area contributed by atoms with Crippen molar-refractivity contribution in [3.05, 3.63) is 65.0 Å². The van der Waals surface area contributed by atoms with Gasteiger partial charge in [-0.25, -0.2) is 4.39 Å². The molecule has 124 valence electrons. The van der Waals surface area contributed by atoms with E-state index in [9.17, 15) is 4.39 Å². The quantitative estimate of drug-likeness (QED) is 0.654. The van der Waals surface area contributed by atoms with Crippen LogP contribution in [0.4, 0.5) is 4.39 Å². The summed E-state index contributed by atoms with van der Waals surface area (Å²) in [7, 11) is 3.27. The van der Waals surface area contributed by atoms with Crippen LogP contribution in [0, 0.1) is 17.1 Å². The highest BCUT2D eigenvalue weighted by Gasteiger charge is 2.05. The van der Waals surface area contributed by atoms with Gasteiger partial charge in [0, 0.05) is 25.7 Å². The van der Waals surface area contributed by atoms with Gasteiger partial charge in [0.1, 0.15) is 11.6 Å². The minimum Gasteiger partial charge on any atom is -0.497 e. The molecule has 5 nitrogen and oxygen atoms in total. The van der Waals surface area contributed by atoms with Crippen LogP contribution in [0.2, 0.25) is 0 Å². The second-order valence-electron chi connectivity index (χ2n) is 5.05. The van der Waals surface area contributed by atoms with Gasteiger partial charge in [-0.1, -0.05) is 12.1 Å². The number of nitrogens with one attached hydrogen (secondary N) is 2. The van der Waals surface area contributed by atoms with Crippen LogP contribution in [0.25, 0.3) is 0 Å². The van der Waals surface area contributed by atoms with E-state index in [0.29, 0.717) is 23.6 Å². The average molecular weight is 326 g/mol. The van der Waals surface area contributed by atoms with Gasteiger partial charge in [0.25, 0.3) is 0 Å². The number of nitriles is 1. The molecule has 0 spiro atoms. The molecule has 0 heterocycles. The Labute approximate surface area is 140 Å². The fourth-order valence-electron chi connectivity index (χ4n) is 2.11. The molecule has 0 aliphatic rings. The van der Waals surface area contributed by atoms with Crippen molar-refractivity contribution in [3.8, 4) is 11.8 Å². The molecule has 0 bridgehead atoms. The van der Waals surface area contributed by atoms with Gasteiger partial charge in [-0.15, -0.1) is 0 Å². The molecule has 0 saturated heterocycles. The van der Waals surface area contributed by atoms with Crippen molar-refractivity contribution in [3.63, 3.8) is 0 Å². The Kier molecular flexibility index (Phi) is 6.15. The summed E-state index contributed by atoms with van der Waals surface area (Å²) in [5.74, 6) is 0.994. The first kappa shape index (κ1) is 17.3. The fraction of sp³-hybridized carbons (Fsp3) is 0.222. The van der Waals surface area contributed by atoms with Crippen molar-refractivity contribution in [2.24, 2.45) is 4.99 Å². The molecular weight excluding hydrogens is 307 g/mol. The third kappa shape index (κ3) is 4.71. The third-order valence-corrected chi connectivity index (χ3v) is 3.46. The summed E-state index contributed by atoms with van der Waals surface area (Å²) in [5, 5.41) is 15.1. The number of halogens is 1. The number of hydrogen-bond acceptors (Lipinski definition) is 3. The molecule has 0 aliphatic heterocycles. The largest absolute Gasteiger partial charge is 0.497 e. The average Bonchev–Trinajstić information content (AvgIpc) is 2.63. The van der Waals surface area contributed by atoms with Gasteiger partial charge < -0.3 is 15.4 Å². The van der Waals surface area contributed by atoms with Gasteiger partial charge >= 0.3 is 0 Å². The molecule has 6 heteroatoms. The topological polar surface area (TPSA) is 69.4 Å². The van der Waals surface area contributed by atoms with E-state index in [1.165, 1.54) is 18.2 Å². The van der Waals surface area contributed by atoms with E-state index in [2.05, 4.69) is 15.6 Å². The zero-order valence-corrected chi connectivity index (χ0v) is 13.6. The summed E-state index contributed by atoms with van der Waals surface area (Å²) >= 11 is 0. The maximum absolute atomic E-state index is 13.8. The van der Waals surface area contributed by atoms with E-state index in [4.69, 9.17) is 10.00 Å². The summed E-state index contributed by atoms with van der Waals surface area (Å²) in [6.07, 6.45) is 0. The van der Waals surface area contributed by atoms with Gasteiger partial charge in [0.15, 0.2) is 5.96 Å². The van der Waals surface area contributed by atoms with Crippen LogP contribution < -0.4 is 15.4 Å². The Morgan fingerprint density at radius 3 is 2.50 bits per heavy atom. The Balaban J connectivity index is 1.92. The first-order valence-corrected chi connectivity index (χ1v) is 7.42. The highest BCUT2D eigenvalue weighted by atomic mass is 19.1. The standard InChI is InChI=1S/C18H19FN4O/c1-21-18(22-11-13-3-6-16(24-2)7-4-13)23-12-15-9-14(10-20)5-8-17(15)19/h3-9H,11-12H2,1-2H3,(H2,21,22,23). The van der Waals surface area contributed by atoms with Crippen molar-refractivity contribution >= 4 is 5.96 Å². The molecule has 2 aromatic rings. The summed E-state index contributed by atoms with van der Waals surface area (Å²) < 4.78 is 18.9. The van der Waals surface area contributed by atoms with E-state index >= 15 is 0 Å². The zero-order chi connectivity index (χ0) is 17.4. The second-order valence-corrected chi connectivity index (χ2v) is 5.05. The van der Waals surface area contributed by atoms with Crippen LogP contribution in [-0.4, -0.2) is 20.1 Å². The molecule has 24 heavy (non-hydrogen) atoms. The molecular formula is C18H19FN4O. The molecule has 2 N–H and O–H groups in total. The number of rotatable bonds is 5. The predicted molar refractivity (Wildman–Crippen MR) is 91.1 cm³/mol. The monoisotopic (exact) mass is 326 g/mol. The molecule has 2 aromatic carbocycles. The Hall–Kier alpha value is -3.07. The normalized spacial score (nSPS) is 10.8. The molecule has 0 atom stereocenters. The maximum Gasteiger partial charge on any atom is 0.191 e. The Morgan fingerprint density at radius 1 is 1.17 bits per heavy atom. The lowest BCUT2D eigenvalue weighted by atomic mass is 10.1. The smallest absolute Gasteiger partial charge is 0.191 e. The van der Waals surface area contributed by atoms with Crippen LogP contribution >= 0.6 is 0 Å². The minimum atomic E-state index is -0.355. The highest BCUT2D eigenvalue weighted by molar-refractivity contribution is 5.79. The number of methoxy groups -OCH3 is 1. The first-order chi connectivity index (χ1) is 11.7. The fourth-order valence-corrected chi connectivity index (χ4v) is 2.11. The molecule has 0 amide bonds. The van der Waals surface area contributed by atoms with E-state index in [1.54, 1.807) is 14.2 Å². The van der Waals surface area contributed by atoms with Crippen molar-refractivity contribution in [1.82, 2.24) is 10.6 Å². The molecule has 0 aromatic heterocycles. The van der Waals surface area contributed by atoms with E-state index < -0.39 is 0 Å². The SMILES string of the molecule is CN=C(NCc1ccc(OC)cc1)NCc1cc(C#N)ccc1F.